The van der Waals surface area contributed by atoms with E-state index in [0.29, 0.717) is 37.6 Å². The molecule has 1 heterocycles. The number of nitrogens with zero attached hydrogens (tertiary/aromatic N) is 2. The van der Waals surface area contributed by atoms with Crippen LogP contribution in [0.3, 0.4) is 0 Å². The van der Waals surface area contributed by atoms with Crippen molar-refractivity contribution in [3.05, 3.63) is 48.5 Å². The molecule has 164 valence electrons. The maximum Gasteiger partial charge on any atom is 0.317 e. The average molecular weight is 425 g/mol. The van der Waals surface area contributed by atoms with Gasteiger partial charge in [-0.3, -0.25) is 9.59 Å². The normalized spacial score (nSPS) is 13.4. The molecular weight excluding hydrogens is 398 g/mol. The Morgan fingerprint density at radius 2 is 1.52 bits per heavy atom. The Hall–Kier alpha value is -3.75. The molecule has 1 saturated heterocycles. The number of piperazine rings is 1. The minimum atomic E-state index is -0.326. The van der Waals surface area contributed by atoms with Crippen molar-refractivity contribution in [2.45, 2.75) is 6.92 Å². The molecule has 1 fully saturated rings. The third kappa shape index (κ3) is 6.11. The van der Waals surface area contributed by atoms with Crippen molar-refractivity contribution in [2.24, 2.45) is 0 Å². The summed E-state index contributed by atoms with van der Waals surface area (Å²) < 4.78 is 5.41. The van der Waals surface area contributed by atoms with E-state index in [4.69, 9.17) is 4.74 Å². The molecule has 1 aliphatic heterocycles. The van der Waals surface area contributed by atoms with Crippen LogP contribution in [0.5, 0.6) is 5.75 Å². The van der Waals surface area contributed by atoms with E-state index in [1.54, 1.807) is 36.3 Å². The smallest absolute Gasteiger partial charge is 0.317 e. The van der Waals surface area contributed by atoms with E-state index in [9.17, 15) is 14.4 Å². The number of benzene rings is 2. The van der Waals surface area contributed by atoms with Gasteiger partial charge in [0.05, 0.1) is 19.3 Å². The number of urea groups is 1. The fourth-order valence-corrected chi connectivity index (χ4v) is 3.35. The number of rotatable bonds is 6. The molecule has 0 atom stereocenters. The van der Waals surface area contributed by atoms with Crippen LogP contribution in [0.1, 0.15) is 6.92 Å². The van der Waals surface area contributed by atoms with Crippen LogP contribution in [0.2, 0.25) is 0 Å². The van der Waals surface area contributed by atoms with E-state index in [2.05, 4.69) is 20.9 Å². The van der Waals surface area contributed by atoms with Gasteiger partial charge < -0.3 is 30.5 Å². The largest absolute Gasteiger partial charge is 0.495 e. The van der Waals surface area contributed by atoms with Gasteiger partial charge in [0.25, 0.3) is 0 Å². The summed E-state index contributed by atoms with van der Waals surface area (Å²) in [4.78, 5) is 39.5. The molecule has 0 unspecified atom stereocenters. The van der Waals surface area contributed by atoms with E-state index in [-0.39, 0.29) is 24.4 Å². The van der Waals surface area contributed by atoms with Gasteiger partial charge in [0.1, 0.15) is 5.75 Å². The molecule has 9 nitrogen and oxygen atoms in total. The second-order valence-corrected chi connectivity index (χ2v) is 7.11. The summed E-state index contributed by atoms with van der Waals surface area (Å²) in [7, 11) is 1.64. The minimum absolute atomic E-state index is 0.126. The third-order valence-electron chi connectivity index (χ3n) is 4.88. The first kappa shape index (κ1) is 21.9. The second-order valence-electron chi connectivity index (χ2n) is 7.11. The molecular formula is C22H27N5O4. The highest BCUT2D eigenvalue weighted by Crippen LogP contribution is 2.28. The first-order valence-electron chi connectivity index (χ1n) is 10.0. The zero-order valence-corrected chi connectivity index (χ0v) is 17.7. The third-order valence-corrected chi connectivity index (χ3v) is 4.88. The Bertz CT molecular complexity index is 924. The van der Waals surface area contributed by atoms with Gasteiger partial charge in [-0.15, -0.1) is 0 Å². The highest BCUT2D eigenvalue weighted by Gasteiger charge is 2.23. The highest BCUT2D eigenvalue weighted by molar-refractivity contribution is 5.95. The van der Waals surface area contributed by atoms with Crippen molar-refractivity contribution in [3.8, 4) is 5.75 Å². The fourth-order valence-electron chi connectivity index (χ4n) is 3.35. The van der Waals surface area contributed by atoms with Crippen LogP contribution in [0, 0.1) is 0 Å². The van der Waals surface area contributed by atoms with Gasteiger partial charge in [-0.25, -0.2) is 4.79 Å². The monoisotopic (exact) mass is 425 g/mol. The molecule has 9 heteroatoms. The second kappa shape index (κ2) is 10.3. The lowest BCUT2D eigenvalue weighted by atomic mass is 10.2. The number of carbonyl (C=O) groups is 3. The van der Waals surface area contributed by atoms with Crippen molar-refractivity contribution >= 4 is 34.9 Å². The average Bonchev–Trinajstić information content (AvgIpc) is 2.78. The SMILES string of the molecule is COc1ccccc1N1CCN(C(=O)NCC(=O)Nc2ccc(NC(C)=O)cc2)CC1. The van der Waals surface area contributed by atoms with Crippen molar-refractivity contribution in [2.75, 3.05) is 55.4 Å². The number of carbonyl (C=O) groups excluding carboxylic acids is 3. The van der Waals surface area contributed by atoms with Crippen molar-refractivity contribution in [3.63, 3.8) is 0 Å². The van der Waals surface area contributed by atoms with Crippen LogP contribution in [-0.4, -0.2) is 62.6 Å². The summed E-state index contributed by atoms with van der Waals surface area (Å²) in [6, 6.07) is 14.3. The zero-order valence-electron chi connectivity index (χ0n) is 17.7. The molecule has 2 aromatic rings. The molecule has 3 rings (SSSR count). The van der Waals surface area contributed by atoms with E-state index < -0.39 is 0 Å². The molecule has 3 N–H and O–H groups in total. The van der Waals surface area contributed by atoms with Crippen molar-refractivity contribution in [1.29, 1.82) is 0 Å². The number of nitrogens with one attached hydrogen (secondary N) is 3. The van der Waals surface area contributed by atoms with Gasteiger partial charge in [0, 0.05) is 44.5 Å². The first-order valence-corrected chi connectivity index (χ1v) is 10.0. The summed E-state index contributed by atoms with van der Waals surface area (Å²) in [5.74, 6) is 0.318. The van der Waals surface area contributed by atoms with Gasteiger partial charge in [-0.1, -0.05) is 12.1 Å². The lowest BCUT2D eigenvalue weighted by molar-refractivity contribution is -0.115. The van der Waals surface area contributed by atoms with Gasteiger partial charge in [0.2, 0.25) is 11.8 Å². The van der Waals surface area contributed by atoms with E-state index in [1.807, 2.05) is 24.3 Å². The first-order chi connectivity index (χ1) is 15.0. The lowest BCUT2D eigenvalue weighted by Gasteiger charge is -2.36. The summed E-state index contributed by atoms with van der Waals surface area (Å²) in [6.07, 6.45) is 0. The quantitative estimate of drug-likeness (QED) is 0.658. The number of hydrogen-bond donors (Lipinski definition) is 3. The Balaban J connectivity index is 1.43. The Kier molecular flexibility index (Phi) is 7.31. The predicted octanol–water partition coefficient (Wildman–Crippen LogP) is 2.12. The molecule has 1 aliphatic rings. The van der Waals surface area contributed by atoms with Crippen molar-refractivity contribution < 1.29 is 19.1 Å². The van der Waals surface area contributed by atoms with Gasteiger partial charge in [0.15, 0.2) is 0 Å². The number of para-hydroxylation sites is 2. The standard InChI is InChI=1S/C22H27N5O4/c1-16(28)24-17-7-9-18(10-8-17)25-21(29)15-23-22(30)27-13-11-26(12-14-27)19-5-3-4-6-20(19)31-2/h3-10H,11-15H2,1-2H3,(H,23,30)(H,24,28)(H,25,29). The van der Waals surface area contributed by atoms with Crippen LogP contribution in [0.4, 0.5) is 21.9 Å². The van der Waals surface area contributed by atoms with Crippen LogP contribution in [-0.2, 0) is 9.59 Å². The molecule has 0 aliphatic carbocycles. The van der Waals surface area contributed by atoms with E-state index in [1.165, 1.54) is 6.92 Å². The molecule has 4 amide bonds. The number of hydrogen-bond acceptors (Lipinski definition) is 5. The Morgan fingerprint density at radius 1 is 0.903 bits per heavy atom. The topological polar surface area (TPSA) is 103 Å². The van der Waals surface area contributed by atoms with Crippen LogP contribution >= 0.6 is 0 Å². The molecule has 0 radical (unpaired) electrons. The Morgan fingerprint density at radius 3 is 2.13 bits per heavy atom. The van der Waals surface area contributed by atoms with E-state index in [0.717, 1.165) is 11.4 Å². The van der Waals surface area contributed by atoms with Crippen LogP contribution in [0.15, 0.2) is 48.5 Å². The molecule has 0 saturated carbocycles. The maximum absolute atomic E-state index is 12.4. The molecule has 0 aromatic heterocycles. The fraction of sp³-hybridized carbons (Fsp3) is 0.318. The van der Waals surface area contributed by atoms with Gasteiger partial charge in [-0.05, 0) is 36.4 Å². The van der Waals surface area contributed by atoms with Gasteiger partial charge >= 0.3 is 6.03 Å². The summed E-state index contributed by atoms with van der Waals surface area (Å²) in [5.41, 5.74) is 2.23. The van der Waals surface area contributed by atoms with E-state index >= 15 is 0 Å². The summed E-state index contributed by atoms with van der Waals surface area (Å²) in [6.45, 7) is 3.77. The summed E-state index contributed by atoms with van der Waals surface area (Å²) in [5, 5.41) is 8.03. The molecule has 2 aromatic carbocycles. The predicted molar refractivity (Wildman–Crippen MR) is 120 cm³/mol. The highest BCUT2D eigenvalue weighted by atomic mass is 16.5. The Labute approximate surface area is 181 Å². The lowest BCUT2D eigenvalue weighted by Crippen LogP contribution is -2.52. The maximum atomic E-state index is 12.4. The zero-order chi connectivity index (χ0) is 22.2. The molecule has 0 bridgehead atoms. The van der Waals surface area contributed by atoms with Crippen LogP contribution in [0.25, 0.3) is 0 Å². The summed E-state index contributed by atoms with van der Waals surface area (Å²) >= 11 is 0. The molecule has 31 heavy (non-hydrogen) atoms. The number of methoxy groups -OCH3 is 1. The number of amides is 4. The van der Waals surface area contributed by atoms with Crippen LogP contribution < -0.4 is 25.6 Å². The number of anilines is 3. The number of ether oxygens (including phenoxy) is 1. The minimum Gasteiger partial charge on any atom is -0.495 e. The molecule has 0 spiro atoms. The van der Waals surface area contributed by atoms with Crippen molar-refractivity contribution in [1.82, 2.24) is 10.2 Å². The van der Waals surface area contributed by atoms with Gasteiger partial charge in [-0.2, -0.15) is 0 Å².